The Hall–Kier alpha value is -1.47. The summed E-state index contributed by atoms with van der Waals surface area (Å²) in [5.41, 5.74) is 1.60. The minimum absolute atomic E-state index is 0.0632. The third-order valence-electron chi connectivity index (χ3n) is 3.53. The zero-order chi connectivity index (χ0) is 16.4. The lowest BCUT2D eigenvalue weighted by Gasteiger charge is -2.21. The smallest absolute Gasteiger partial charge is 0.255 e. The average molecular weight is 444 g/mol. The van der Waals surface area contributed by atoms with Gasteiger partial charge in [0.25, 0.3) is 5.91 Å². The van der Waals surface area contributed by atoms with Gasteiger partial charge in [0.1, 0.15) is 13.2 Å². The van der Waals surface area contributed by atoms with Crippen molar-refractivity contribution in [1.82, 2.24) is 4.90 Å². The number of benzene rings is 2. The number of nitrogens with zero attached hydrogens (tertiary/aromatic N) is 1. The normalized spacial score (nSPS) is 12.8. The van der Waals surface area contributed by atoms with Gasteiger partial charge in [0, 0.05) is 22.2 Å². The molecule has 0 radical (unpaired) electrons. The minimum Gasteiger partial charge on any atom is -0.486 e. The summed E-state index contributed by atoms with van der Waals surface area (Å²) in [5, 5.41) is 0.557. The number of amides is 1. The van der Waals surface area contributed by atoms with Gasteiger partial charge in [-0.25, -0.2) is 0 Å². The Kier molecular flexibility index (Phi) is 4.96. The van der Waals surface area contributed by atoms with Crippen molar-refractivity contribution >= 4 is 40.1 Å². The molecule has 120 valence electrons. The second kappa shape index (κ2) is 6.97. The molecule has 0 bridgehead atoms. The molecular weight excluding hydrogens is 429 g/mol. The van der Waals surface area contributed by atoms with Gasteiger partial charge >= 0.3 is 0 Å². The van der Waals surface area contributed by atoms with Crippen LogP contribution in [0, 0.1) is 3.57 Å². The second-order valence-electron chi connectivity index (χ2n) is 5.26. The Morgan fingerprint density at radius 1 is 1.17 bits per heavy atom. The number of ether oxygens (including phenoxy) is 2. The van der Waals surface area contributed by atoms with E-state index in [-0.39, 0.29) is 5.91 Å². The summed E-state index contributed by atoms with van der Waals surface area (Å²) in [5.74, 6) is 1.41. The zero-order valence-corrected chi connectivity index (χ0v) is 15.4. The van der Waals surface area contributed by atoms with Crippen LogP contribution in [0.1, 0.15) is 15.9 Å². The van der Waals surface area contributed by atoms with Crippen molar-refractivity contribution in [3.05, 3.63) is 56.1 Å². The highest BCUT2D eigenvalue weighted by molar-refractivity contribution is 14.1. The first kappa shape index (κ1) is 16.4. The molecule has 0 atom stereocenters. The van der Waals surface area contributed by atoms with Crippen LogP contribution in [-0.2, 0) is 6.54 Å². The average Bonchev–Trinajstić information content (AvgIpc) is 2.56. The van der Waals surface area contributed by atoms with E-state index in [2.05, 4.69) is 22.6 Å². The molecule has 0 fully saturated rings. The predicted octanol–water partition coefficient (Wildman–Crippen LogP) is 3.99. The van der Waals surface area contributed by atoms with Crippen LogP contribution in [0.5, 0.6) is 11.5 Å². The number of fused-ring (bicyclic) bond motifs is 1. The minimum atomic E-state index is -0.0632. The van der Waals surface area contributed by atoms with Crippen LogP contribution < -0.4 is 9.47 Å². The van der Waals surface area contributed by atoms with Gasteiger partial charge in [-0.2, -0.15) is 0 Å². The highest BCUT2D eigenvalue weighted by Crippen LogP contribution is 2.31. The van der Waals surface area contributed by atoms with Crippen LogP contribution in [-0.4, -0.2) is 31.1 Å². The molecule has 0 aliphatic carbocycles. The van der Waals surface area contributed by atoms with E-state index < -0.39 is 0 Å². The van der Waals surface area contributed by atoms with E-state index in [9.17, 15) is 4.79 Å². The van der Waals surface area contributed by atoms with Gasteiger partial charge < -0.3 is 14.4 Å². The van der Waals surface area contributed by atoms with Crippen molar-refractivity contribution < 1.29 is 14.3 Å². The van der Waals surface area contributed by atoms with Crippen LogP contribution in [0.25, 0.3) is 0 Å². The van der Waals surface area contributed by atoms with Crippen LogP contribution in [0.2, 0.25) is 5.02 Å². The van der Waals surface area contributed by atoms with E-state index in [1.165, 1.54) is 0 Å². The van der Waals surface area contributed by atoms with Crippen LogP contribution in [0.3, 0.4) is 0 Å². The number of hydrogen-bond donors (Lipinski definition) is 0. The van der Waals surface area contributed by atoms with Crippen LogP contribution in [0.4, 0.5) is 0 Å². The number of rotatable bonds is 3. The molecule has 23 heavy (non-hydrogen) atoms. The first-order chi connectivity index (χ1) is 11.0. The Morgan fingerprint density at radius 3 is 2.70 bits per heavy atom. The summed E-state index contributed by atoms with van der Waals surface area (Å²) in [6.45, 7) is 1.60. The van der Waals surface area contributed by atoms with Crippen molar-refractivity contribution in [3.8, 4) is 11.5 Å². The summed E-state index contributed by atoms with van der Waals surface area (Å²) >= 11 is 8.14. The summed E-state index contributed by atoms with van der Waals surface area (Å²) in [6.07, 6.45) is 0. The van der Waals surface area contributed by atoms with E-state index in [0.717, 1.165) is 20.6 Å². The molecule has 0 aromatic heterocycles. The first-order valence-electron chi connectivity index (χ1n) is 7.13. The second-order valence-corrected chi connectivity index (χ2v) is 6.86. The molecule has 0 saturated heterocycles. The highest BCUT2D eigenvalue weighted by Gasteiger charge is 2.17. The molecule has 1 heterocycles. The Labute approximate surface area is 153 Å². The number of carbonyl (C=O) groups excluding carboxylic acids is 1. The highest BCUT2D eigenvalue weighted by atomic mass is 127. The molecule has 6 heteroatoms. The van der Waals surface area contributed by atoms with Gasteiger partial charge in [0.15, 0.2) is 11.5 Å². The van der Waals surface area contributed by atoms with Crippen molar-refractivity contribution in [3.63, 3.8) is 0 Å². The molecule has 1 aliphatic rings. The molecule has 4 nitrogen and oxygen atoms in total. The Morgan fingerprint density at radius 2 is 1.91 bits per heavy atom. The third-order valence-corrected chi connectivity index (χ3v) is 4.71. The lowest BCUT2D eigenvalue weighted by molar-refractivity contribution is 0.0783. The summed E-state index contributed by atoms with van der Waals surface area (Å²) in [6, 6.07) is 11.1. The fourth-order valence-corrected chi connectivity index (χ4v) is 3.14. The first-order valence-corrected chi connectivity index (χ1v) is 8.59. The Balaban J connectivity index is 1.77. The van der Waals surface area contributed by atoms with E-state index in [0.29, 0.717) is 30.3 Å². The lowest BCUT2D eigenvalue weighted by Crippen LogP contribution is -2.27. The predicted molar refractivity (Wildman–Crippen MR) is 97.4 cm³/mol. The number of hydrogen-bond acceptors (Lipinski definition) is 3. The topological polar surface area (TPSA) is 38.8 Å². The standard InChI is InChI=1S/C17H15ClINO3/c1-20(17(21)13-9-12(18)3-4-14(13)19)10-11-2-5-15-16(8-11)23-7-6-22-15/h2-5,8-9H,6-7,10H2,1H3. The molecule has 0 unspecified atom stereocenters. The monoisotopic (exact) mass is 443 g/mol. The van der Waals surface area contributed by atoms with Gasteiger partial charge in [0.2, 0.25) is 0 Å². The third kappa shape index (κ3) is 3.72. The van der Waals surface area contributed by atoms with E-state index >= 15 is 0 Å². The van der Waals surface area contributed by atoms with Gasteiger partial charge in [0.05, 0.1) is 5.56 Å². The molecule has 2 aromatic carbocycles. The fraction of sp³-hybridized carbons (Fsp3) is 0.235. The van der Waals surface area contributed by atoms with E-state index in [1.807, 2.05) is 24.3 Å². The van der Waals surface area contributed by atoms with E-state index in [4.69, 9.17) is 21.1 Å². The van der Waals surface area contributed by atoms with E-state index in [1.54, 1.807) is 24.1 Å². The molecule has 1 aliphatic heterocycles. The maximum absolute atomic E-state index is 12.6. The molecule has 2 aromatic rings. The lowest BCUT2D eigenvalue weighted by atomic mass is 10.1. The van der Waals surface area contributed by atoms with Crippen LogP contribution in [0.15, 0.2) is 36.4 Å². The SMILES string of the molecule is CN(Cc1ccc2c(c1)OCCO2)C(=O)c1cc(Cl)ccc1I. The number of halogens is 2. The quantitative estimate of drug-likeness (QED) is 0.674. The number of carbonyl (C=O) groups is 1. The van der Waals surface area contributed by atoms with Crippen molar-refractivity contribution in [2.75, 3.05) is 20.3 Å². The molecule has 0 N–H and O–H groups in total. The fourth-order valence-electron chi connectivity index (χ4n) is 2.40. The van der Waals surface area contributed by atoms with Crippen molar-refractivity contribution in [1.29, 1.82) is 0 Å². The summed E-state index contributed by atoms with van der Waals surface area (Å²) < 4.78 is 12.0. The zero-order valence-electron chi connectivity index (χ0n) is 12.5. The molecular formula is C17H15ClINO3. The summed E-state index contributed by atoms with van der Waals surface area (Å²) in [4.78, 5) is 14.3. The van der Waals surface area contributed by atoms with Gasteiger partial charge in [-0.15, -0.1) is 0 Å². The molecule has 3 rings (SSSR count). The van der Waals surface area contributed by atoms with Gasteiger partial charge in [-0.05, 0) is 58.5 Å². The Bertz CT molecular complexity index is 751. The largest absolute Gasteiger partial charge is 0.486 e. The van der Waals surface area contributed by atoms with Crippen molar-refractivity contribution in [2.45, 2.75) is 6.54 Å². The van der Waals surface area contributed by atoms with Gasteiger partial charge in [-0.1, -0.05) is 17.7 Å². The summed E-state index contributed by atoms with van der Waals surface area (Å²) in [7, 11) is 1.77. The maximum atomic E-state index is 12.6. The van der Waals surface area contributed by atoms with Crippen LogP contribution >= 0.6 is 34.2 Å². The molecule has 0 saturated carbocycles. The maximum Gasteiger partial charge on any atom is 0.255 e. The van der Waals surface area contributed by atoms with Crippen molar-refractivity contribution in [2.24, 2.45) is 0 Å². The molecule has 1 amide bonds. The molecule has 0 spiro atoms. The van der Waals surface area contributed by atoms with Gasteiger partial charge in [-0.3, -0.25) is 4.79 Å².